The molecule has 1 aliphatic heterocycles. The quantitative estimate of drug-likeness (QED) is 0.873. The number of aromatic nitrogens is 1. The predicted molar refractivity (Wildman–Crippen MR) is 92.9 cm³/mol. The van der Waals surface area contributed by atoms with Gasteiger partial charge < -0.3 is 10.0 Å². The first kappa shape index (κ1) is 16.4. The van der Waals surface area contributed by atoms with E-state index in [9.17, 15) is 9.59 Å². The summed E-state index contributed by atoms with van der Waals surface area (Å²) in [5.74, 6) is -0.998. The molecule has 2 heterocycles. The molecule has 126 valence electrons. The Balaban J connectivity index is 1.59. The molecule has 0 spiro atoms. The van der Waals surface area contributed by atoms with E-state index in [4.69, 9.17) is 5.11 Å². The van der Waals surface area contributed by atoms with Gasteiger partial charge >= 0.3 is 12.0 Å². The van der Waals surface area contributed by atoms with Gasteiger partial charge in [0.15, 0.2) is 5.13 Å². The van der Waals surface area contributed by atoms with Crippen molar-refractivity contribution in [3.05, 3.63) is 46.5 Å². The fourth-order valence-electron chi connectivity index (χ4n) is 2.78. The first-order valence-corrected chi connectivity index (χ1v) is 8.69. The van der Waals surface area contributed by atoms with Crippen LogP contribution in [0.15, 0.2) is 30.3 Å². The number of amides is 2. The highest BCUT2D eigenvalue weighted by atomic mass is 32.1. The molecule has 0 saturated carbocycles. The van der Waals surface area contributed by atoms with E-state index in [1.54, 1.807) is 16.7 Å². The van der Waals surface area contributed by atoms with Gasteiger partial charge in [-0.3, -0.25) is 4.90 Å². The molecule has 6 nitrogen and oxygen atoms in total. The zero-order chi connectivity index (χ0) is 17.1. The average molecular weight is 345 g/mol. The molecule has 1 aromatic carbocycles. The highest BCUT2D eigenvalue weighted by molar-refractivity contribution is 7.17. The predicted octanol–water partition coefficient (Wildman–Crippen LogP) is 3.02. The number of aryl methyl sites for hydroxylation is 2. The van der Waals surface area contributed by atoms with Crippen LogP contribution in [0.4, 0.5) is 9.93 Å². The lowest BCUT2D eigenvalue weighted by Crippen LogP contribution is -2.32. The summed E-state index contributed by atoms with van der Waals surface area (Å²) in [6.45, 7) is 3.55. The first-order valence-electron chi connectivity index (χ1n) is 7.87. The summed E-state index contributed by atoms with van der Waals surface area (Å²) < 4.78 is 0. The number of carbonyl (C=O) groups excluding carboxylic acids is 1. The summed E-state index contributed by atoms with van der Waals surface area (Å²) in [5, 5.41) is 9.59. The third-order valence-electron chi connectivity index (χ3n) is 4.04. The molecule has 0 atom stereocenters. The van der Waals surface area contributed by atoms with Gasteiger partial charge in [-0.25, -0.2) is 14.6 Å². The lowest BCUT2D eigenvalue weighted by atomic mass is 10.1. The Morgan fingerprint density at radius 3 is 2.71 bits per heavy atom. The largest absolute Gasteiger partial charge is 0.477 e. The van der Waals surface area contributed by atoms with Crippen molar-refractivity contribution >= 4 is 28.5 Å². The number of thiazole rings is 1. The van der Waals surface area contributed by atoms with Crippen LogP contribution in [0.1, 0.15) is 27.3 Å². The van der Waals surface area contributed by atoms with Crippen LogP contribution in [0.25, 0.3) is 0 Å². The van der Waals surface area contributed by atoms with Gasteiger partial charge in [0.05, 0.1) is 5.69 Å². The number of nitrogens with zero attached hydrogens (tertiary/aromatic N) is 3. The second-order valence-electron chi connectivity index (χ2n) is 5.73. The highest BCUT2D eigenvalue weighted by Gasteiger charge is 2.32. The number of carboxylic acid groups (broad SMARTS) is 1. The van der Waals surface area contributed by atoms with Gasteiger partial charge in [-0.05, 0) is 25.3 Å². The van der Waals surface area contributed by atoms with E-state index in [1.807, 2.05) is 18.2 Å². The number of hydrogen-bond donors (Lipinski definition) is 1. The Kier molecular flexibility index (Phi) is 4.80. The third kappa shape index (κ3) is 3.41. The molecular weight excluding hydrogens is 326 g/mol. The van der Waals surface area contributed by atoms with E-state index in [0.29, 0.717) is 30.5 Å². The molecule has 1 aromatic heterocycles. The number of urea groups is 1. The van der Waals surface area contributed by atoms with Crippen molar-refractivity contribution in [3.8, 4) is 0 Å². The van der Waals surface area contributed by atoms with E-state index in [1.165, 1.54) is 5.56 Å². The van der Waals surface area contributed by atoms with Crippen molar-refractivity contribution in [2.45, 2.75) is 19.8 Å². The number of carboxylic acids is 1. The molecule has 1 aliphatic rings. The molecule has 3 rings (SSSR count). The molecule has 24 heavy (non-hydrogen) atoms. The van der Waals surface area contributed by atoms with Gasteiger partial charge in [0.25, 0.3) is 0 Å². The Labute approximate surface area is 144 Å². The van der Waals surface area contributed by atoms with Crippen LogP contribution in [0.5, 0.6) is 0 Å². The van der Waals surface area contributed by atoms with E-state index >= 15 is 0 Å². The van der Waals surface area contributed by atoms with Crippen molar-refractivity contribution < 1.29 is 14.7 Å². The minimum Gasteiger partial charge on any atom is -0.477 e. The molecule has 7 heteroatoms. The zero-order valence-corrected chi connectivity index (χ0v) is 14.3. The van der Waals surface area contributed by atoms with Crippen molar-refractivity contribution in [2.24, 2.45) is 0 Å². The molecule has 2 aromatic rings. The van der Waals surface area contributed by atoms with Crippen LogP contribution in [-0.2, 0) is 6.42 Å². The van der Waals surface area contributed by atoms with Crippen LogP contribution in [0, 0.1) is 6.92 Å². The summed E-state index contributed by atoms with van der Waals surface area (Å²) in [4.78, 5) is 31.5. The summed E-state index contributed by atoms with van der Waals surface area (Å²) >= 11 is 1.06. The van der Waals surface area contributed by atoms with Crippen LogP contribution in [0.2, 0.25) is 0 Å². The van der Waals surface area contributed by atoms with E-state index in [-0.39, 0.29) is 10.9 Å². The lowest BCUT2D eigenvalue weighted by molar-refractivity contribution is 0.0701. The Bertz CT molecular complexity index is 745. The number of carbonyl (C=O) groups is 2. The van der Waals surface area contributed by atoms with Crippen molar-refractivity contribution in [1.29, 1.82) is 0 Å². The number of hydrogen-bond acceptors (Lipinski definition) is 4. The monoisotopic (exact) mass is 345 g/mol. The number of aromatic carboxylic acids is 1. The molecule has 0 bridgehead atoms. The summed E-state index contributed by atoms with van der Waals surface area (Å²) in [6, 6.07) is 10.1. The van der Waals surface area contributed by atoms with Crippen LogP contribution >= 0.6 is 11.3 Å². The molecular formula is C17H19N3O3S. The smallest absolute Gasteiger partial charge is 0.347 e. The Hall–Kier alpha value is -2.41. The fraction of sp³-hybridized carbons (Fsp3) is 0.353. The molecule has 1 fully saturated rings. The van der Waals surface area contributed by atoms with Crippen molar-refractivity contribution in [3.63, 3.8) is 0 Å². The van der Waals surface area contributed by atoms with E-state index < -0.39 is 5.97 Å². The zero-order valence-electron chi connectivity index (χ0n) is 13.4. The van der Waals surface area contributed by atoms with Crippen molar-refractivity contribution in [1.82, 2.24) is 9.88 Å². The fourth-order valence-corrected chi connectivity index (χ4v) is 3.71. The number of benzene rings is 1. The standard InChI is InChI=1S/C17H19N3O3S/c1-12-14(15(21)22)24-16(18-12)20-11-10-19(17(20)23)9-5-8-13-6-3-2-4-7-13/h2-4,6-7H,5,8-11H2,1H3,(H,21,22). The second kappa shape index (κ2) is 7.00. The van der Waals surface area contributed by atoms with Gasteiger partial charge in [-0.15, -0.1) is 0 Å². The van der Waals surface area contributed by atoms with Crippen LogP contribution in [-0.4, -0.2) is 46.6 Å². The van der Waals surface area contributed by atoms with E-state index in [0.717, 1.165) is 24.2 Å². The maximum Gasteiger partial charge on any atom is 0.347 e. The highest BCUT2D eigenvalue weighted by Crippen LogP contribution is 2.28. The molecule has 1 N–H and O–H groups in total. The average Bonchev–Trinajstić information content (AvgIpc) is 3.12. The summed E-state index contributed by atoms with van der Waals surface area (Å²) in [5.41, 5.74) is 1.72. The molecule has 2 amide bonds. The SMILES string of the molecule is Cc1nc(N2CCN(CCCc3ccccc3)C2=O)sc1C(=O)O. The second-order valence-corrected chi connectivity index (χ2v) is 6.70. The Morgan fingerprint density at radius 1 is 1.29 bits per heavy atom. The minimum atomic E-state index is -0.998. The van der Waals surface area contributed by atoms with Gasteiger partial charge in [-0.2, -0.15) is 0 Å². The van der Waals surface area contributed by atoms with Gasteiger partial charge in [0.2, 0.25) is 0 Å². The minimum absolute atomic E-state index is 0.0891. The number of rotatable bonds is 6. The van der Waals surface area contributed by atoms with Gasteiger partial charge in [0, 0.05) is 19.6 Å². The van der Waals surface area contributed by atoms with Crippen LogP contribution < -0.4 is 4.90 Å². The van der Waals surface area contributed by atoms with Crippen molar-refractivity contribution in [2.75, 3.05) is 24.5 Å². The molecule has 1 saturated heterocycles. The maximum atomic E-state index is 12.5. The van der Waals surface area contributed by atoms with Crippen LogP contribution in [0.3, 0.4) is 0 Å². The number of anilines is 1. The molecule has 0 aliphatic carbocycles. The third-order valence-corrected chi connectivity index (χ3v) is 5.21. The topological polar surface area (TPSA) is 73.7 Å². The summed E-state index contributed by atoms with van der Waals surface area (Å²) in [7, 11) is 0. The lowest BCUT2D eigenvalue weighted by Gasteiger charge is -2.16. The molecule has 0 unspecified atom stereocenters. The summed E-state index contributed by atoms with van der Waals surface area (Å²) in [6.07, 6.45) is 1.84. The first-order chi connectivity index (χ1) is 11.6. The van der Waals surface area contributed by atoms with E-state index in [2.05, 4.69) is 17.1 Å². The Morgan fingerprint density at radius 2 is 2.04 bits per heavy atom. The normalized spacial score (nSPS) is 14.5. The van der Waals surface area contributed by atoms with Gasteiger partial charge in [0.1, 0.15) is 4.88 Å². The maximum absolute atomic E-state index is 12.5. The van der Waals surface area contributed by atoms with Gasteiger partial charge in [-0.1, -0.05) is 41.7 Å². The molecule has 0 radical (unpaired) electrons.